The molecule has 2 aromatic heterocycles. The zero-order valence-electron chi connectivity index (χ0n) is 12.1. The summed E-state index contributed by atoms with van der Waals surface area (Å²) in [7, 11) is 0. The number of carbonyl (C=O) groups excluding carboxylic acids is 1. The molecule has 5 nitrogen and oxygen atoms in total. The highest BCUT2D eigenvalue weighted by molar-refractivity contribution is 7.10. The quantitative estimate of drug-likeness (QED) is 0.814. The normalized spacial score (nSPS) is 16.1. The van der Waals surface area contributed by atoms with E-state index in [-0.39, 0.29) is 12.0 Å². The van der Waals surface area contributed by atoms with Crippen LogP contribution in [0.25, 0.3) is 6.08 Å². The first kappa shape index (κ1) is 14.7. The highest BCUT2D eigenvalue weighted by Gasteiger charge is 2.23. The Morgan fingerprint density at radius 1 is 1.36 bits per heavy atom. The third-order valence-corrected chi connectivity index (χ3v) is 4.35. The number of amides is 1. The molecule has 0 unspecified atom stereocenters. The predicted octanol–water partition coefficient (Wildman–Crippen LogP) is 2.62. The lowest BCUT2D eigenvalue weighted by Gasteiger charge is -2.31. The van der Waals surface area contributed by atoms with Gasteiger partial charge in [-0.1, -0.05) is 6.07 Å². The standard InChI is InChI=1S/C16H17N3O2S/c20-16(4-3-14-2-1-11-22-14)19-9-5-13(6-10-19)21-15-12-17-7-8-18-15/h1-4,7-8,11-13H,5-6,9-10H2/b4-3+. The largest absolute Gasteiger partial charge is 0.473 e. The molecule has 0 radical (unpaired) electrons. The van der Waals surface area contributed by atoms with E-state index in [0.717, 1.165) is 17.7 Å². The van der Waals surface area contributed by atoms with Crippen molar-refractivity contribution < 1.29 is 9.53 Å². The molecule has 0 saturated carbocycles. The Hall–Kier alpha value is -2.21. The van der Waals surface area contributed by atoms with Crippen molar-refractivity contribution in [1.29, 1.82) is 0 Å². The molecule has 1 amide bonds. The van der Waals surface area contributed by atoms with E-state index in [1.807, 2.05) is 28.5 Å². The number of likely N-dealkylation sites (tertiary alicyclic amines) is 1. The van der Waals surface area contributed by atoms with Crippen LogP contribution in [0.1, 0.15) is 17.7 Å². The molecule has 1 aliphatic heterocycles. The van der Waals surface area contributed by atoms with E-state index in [2.05, 4.69) is 9.97 Å². The van der Waals surface area contributed by atoms with Gasteiger partial charge in [-0.3, -0.25) is 9.78 Å². The SMILES string of the molecule is O=C(/C=C/c1cccs1)N1CCC(Oc2cnccn2)CC1. The molecule has 6 heteroatoms. The lowest BCUT2D eigenvalue weighted by Crippen LogP contribution is -2.41. The summed E-state index contributed by atoms with van der Waals surface area (Å²) in [6.07, 6.45) is 10.1. The number of hydrogen-bond acceptors (Lipinski definition) is 5. The number of thiophene rings is 1. The number of piperidine rings is 1. The molecule has 0 aliphatic carbocycles. The smallest absolute Gasteiger partial charge is 0.246 e. The molecule has 1 saturated heterocycles. The third kappa shape index (κ3) is 3.92. The summed E-state index contributed by atoms with van der Waals surface area (Å²) in [5.74, 6) is 0.608. The average Bonchev–Trinajstić information content (AvgIpc) is 3.08. The second-order valence-corrected chi connectivity index (χ2v) is 6.01. The minimum absolute atomic E-state index is 0.0614. The molecule has 114 valence electrons. The van der Waals surface area contributed by atoms with Gasteiger partial charge in [0.2, 0.25) is 11.8 Å². The minimum atomic E-state index is 0.0614. The fourth-order valence-electron chi connectivity index (χ4n) is 2.36. The van der Waals surface area contributed by atoms with E-state index in [0.29, 0.717) is 19.0 Å². The first-order chi connectivity index (χ1) is 10.8. The maximum atomic E-state index is 12.1. The van der Waals surface area contributed by atoms with Gasteiger partial charge in [0.1, 0.15) is 6.10 Å². The predicted molar refractivity (Wildman–Crippen MR) is 85.6 cm³/mol. The summed E-state index contributed by atoms with van der Waals surface area (Å²) < 4.78 is 5.77. The van der Waals surface area contributed by atoms with Gasteiger partial charge in [-0.15, -0.1) is 11.3 Å². The molecule has 0 atom stereocenters. The number of carbonyl (C=O) groups is 1. The van der Waals surface area contributed by atoms with Crippen molar-refractivity contribution in [3.63, 3.8) is 0 Å². The Kier molecular flexibility index (Phi) is 4.80. The molecule has 0 aromatic carbocycles. The van der Waals surface area contributed by atoms with Crippen molar-refractivity contribution in [2.45, 2.75) is 18.9 Å². The topological polar surface area (TPSA) is 55.3 Å². The minimum Gasteiger partial charge on any atom is -0.473 e. The second kappa shape index (κ2) is 7.17. The van der Waals surface area contributed by atoms with Crippen molar-refractivity contribution in [3.05, 3.63) is 47.1 Å². The summed E-state index contributed by atoms with van der Waals surface area (Å²) in [4.78, 5) is 23.2. The van der Waals surface area contributed by atoms with Crippen LogP contribution in [0.4, 0.5) is 0 Å². The molecule has 1 fully saturated rings. The van der Waals surface area contributed by atoms with E-state index in [1.54, 1.807) is 36.0 Å². The number of nitrogens with zero attached hydrogens (tertiary/aromatic N) is 3. The van der Waals surface area contributed by atoms with Gasteiger partial charge in [-0.25, -0.2) is 4.98 Å². The lowest BCUT2D eigenvalue weighted by atomic mass is 10.1. The van der Waals surface area contributed by atoms with Gasteiger partial charge in [0.15, 0.2) is 0 Å². The van der Waals surface area contributed by atoms with Gasteiger partial charge >= 0.3 is 0 Å². The molecule has 2 aromatic rings. The summed E-state index contributed by atoms with van der Waals surface area (Å²) in [5.41, 5.74) is 0. The maximum absolute atomic E-state index is 12.1. The van der Waals surface area contributed by atoms with Gasteiger partial charge in [-0.05, 0) is 17.5 Å². The highest BCUT2D eigenvalue weighted by atomic mass is 32.1. The van der Waals surface area contributed by atoms with Crippen LogP contribution < -0.4 is 4.74 Å². The van der Waals surface area contributed by atoms with E-state index >= 15 is 0 Å². The van der Waals surface area contributed by atoms with Crippen LogP contribution >= 0.6 is 11.3 Å². The maximum Gasteiger partial charge on any atom is 0.246 e. The molecule has 1 aliphatic rings. The van der Waals surface area contributed by atoms with E-state index in [9.17, 15) is 4.79 Å². The zero-order chi connectivity index (χ0) is 15.2. The number of aromatic nitrogens is 2. The Morgan fingerprint density at radius 3 is 2.91 bits per heavy atom. The Bertz CT molecular complexity index is 620. The zero-order valence-corrected chi connectivity index (χ0v) is 12.9. The fourth-order valence-corrected chi connectivity index (χ4v) is 2.97. The summed E-state index contributed by atoms with van der Waals surface area (Å²) in [6, 6.07) is 3.97. The highest BCUT2D eigenvalue weighted by Crippen LogP contribution is 2.17. The number of hydrogen-bond donors (Lipinski definition) is 0. The molecule has 0 N–H and O–H groups in total. The van der Waals surface area contributed by atoms with Crippen LogP contribution in [-0.2, 0) is 4.79 Å². The van der Waals surface area contributed by atoms with E-state index in [4.69, 9.17) is 4.74 Å². The number of ether oxygens (including phenoxy) is 1. The first-order valence-electron chi connectivity index (χ1n) is 7.24. The van der Waals surface area contributed by atoms with Gasteiger partial charge in [-0.2, -0.15) is 0 Å². The molecular formula is C16H17N3O2S. The molecule has 0 bridgehead atoms. The lowest BCUT2D eigenvalue weighted by molar-refractivity contribution is -0.127. The average molecular weight is 315 g/mol. The number of rotatable bonds is 4. The van der Waals surface area contributed by atoms with Crippen molar-refractivity contribution in [2.75, 3.05) is 13.1 Å². The van der Waals surface area contributed by atoms with Crippen LogP contribution in [0.5, 0.6) is 5.88 Å². The summed E-state index contributed by atoms with van der Waals surface area (Å²) >= 11 is 1.62. The summed E-state index contributed by atoms with van der Waals surface area (Å²) in [5, 5.41) is 2.00. The summed E-state index contributed by atoms with van der Waals surface area (Å²) in [6.45, 7) is 1.41. The van der Waals surface area contributed by atoms with Gasteiger partial charge in [0, 0.05) is 49.3 Å². The van der Waals surface area contributed by atoms with Crippen molar-refractivity contribution in [2.24, 2.45) is 0 Å². The molecule has 3 rings (SSSR count). The van der Waals surface area contributed by atoms with Crippen LogP contribution in [0, 0.1) is 0 Å². The second-order valence-electron chi connectivity index (χ2n) is 5.03. The Morgan fingerprint density at radius 2 is 2.23 bits per heavy atom. The first-order valence-corrected chi connectivity index (χ1v) is 8.12. The van der Waals surface area contributed by atoms with Crippen LogP contribution in [-0.4, -0.2) is 40.0 Å². The molecule has 0 spiro atoms. The van der Waals surface area contributed by atoms with Crippen LogP contribution in [0.3, 0.4) is 0 Å². The van der Waals surface area contributed by atoms with Crippen LogP contribution in [0.2, 0.25) is 0 Å². The van der Waals surface area contributed by atoms with Crippen molar-refractivity contribution >= 4 is 23.3 Å². The Balaban J connectivity index is 1.48. The molecular weight excluding hydrogens is 298 g/mol. The van der Waals surface area contributed by atoms with Gasteiger partial charge in [0.25, 0.3) is 0 Å². The van der Waals surface area contributed by atoms with E-state index < -0.39 is 0 Å². The fraction of sp³-hybridized carbons (Fsp3) is 0.312. The van der Waals surface area contributed by atoms with Gasteiger partial charge < -0.3 is 9.64 Å². The Labute approximate surface area is 133 Å². The molecule has 22 heavy (non-hydrogen) atoms. The van der Waals surface area contributed by atoms with E-state index in [1.165, 1.54) is 0 Å². The third-order valence-electron chi connectivity index (χ3n) is 3.51. The van der Waals surface area contributed by atoms with Crippen LogP contribution in [0.15, 0.2) is 42.2 Å². The molecule has 3 heterocycles. The van der Waals surface area contributed by atoms with Crippen molar-refractivity contribution in [3.8, 4) is 5.88 Å². The van der Waals surface area contributed by atoms with Crippen molar-refractivity contribution in [1.82, 2.24) is 14.9 Å². The monoisotopic (exact) mass is 315 g/mol. The van der Waals surface area contributed by atoms with Gasteiger partial charge in [0.05, 0.1) is 6.20 Å².